The average molecular weight is 574 g/mol. The Bertz CT molecular complexity index is 1040. The second-order valence-corrected chi connectivity index (χ2v) is 9.06. The molecule has 0 saturated carbocycles. The Hall–Kier alpha value is -2.05. The van der Waals surface area contributed by atoms with E-state index in [1.54, 1.807) is 38.5 Å². The molecule has 2 N–H and O–H groups in total. The van der Waals surface area contributed by atoms with Crippen molar-refractivity contribution in [2.75, 3.05) is 34.4 Å². The number of fused-ring (bicyclic) bond motifs is 1. The summed E-state index contributed by atoms with van der Waals surface area (Å²) in [4.78, 5) is 7.24. The smallest absolute Gasteiger partial charge is 0.240 e. The maximum atomic E-state index is 11.9. The van der Waals surface area contributed by atoms with E-state index < -0.39 is 10.0 Å². The van der Waals surface area contributed by atoms with Gasteiger partial charge in [-0.2, -0.15) is 0 Å². The van der Waals surface area contributed by atoms with Gasteiger partial charge in [0.1, 0.15) is 0 Å². The van der Waals surface area contributed by atoms with Crippen LogP contribution in [0.4, 0.5) is 0 Å². The van der Waals surface area contributed by atoms with Gasteiger partial charge in [0, 0.05) is 19.6 Å². The number of aliphatic imine (C=N–C) groups is 1. The predicted molar refractivity (Wildman–Crippen MR) is 137 cm³/mol. The van der Waals surface area contributed by atoms with Crippen molar-refractivity contribution < 1.29 is 17.9 Å². The molecule has 0 amide bonds. The van der Waals surface area contributed by atoms with Gasteiger partial charge in [0.2, 0.25) is 10.0 Å². The number of benzene rings is 2. The maximum Gasteiger partial charge on any atom is 0.240 e. The normalized spacial score (nSPS) is 13.8. The highest BCUT2D eigenvalue weighted by atomic mass is 127. The second-order valence-electron chi connectivity index (χ2n) is 7.17. The molecule has 32 heavy (non-hydrogen) atoms. The van der Waals surface area contributed by atoms with Crippen LogP contribution in [0.15, 0.2) is 46.3 Å². The minimum absolute atomic E-state index is 0. The van der Waals surface area contributed by atoms with Crippen molar-refractivity contribution >= 4 is 40.0 Å². The van der Waals surface area contributed by atoms with Crippen LogP contribution in [0.3, 0.4) is 0 Å². The van der Waals surface area contributed by atoms with Crippen LogP contribution >= 0.6 is 24.0 Å². The van der Waals surface area contributed by atoms with Crippen LogP contribution in [0.1, 0.15) is 23.6 Å². The summed E-state index contributed by atoms with van der Waals surface area (Å²) < 4.78 is 37.0. The van der Waals surface area contributed by atoms with Crippen molar-refractivity contribution in [1.82, 2.24) is 14.9 Å². The lowest BCUT2D eigenvalue weighted by Gasteiger charge is -2.32. The fraction of sp³-hybridized carbons (Fsp3) is 0.409. The lowest BCUT2D eigenvalue weighted by molar-refractivity contribution is 0.346. The number of halogens is 1. The van der Waals surface area contributed by atoms with Crippen LogP contribution in [-0.4, -0.2) is 53.6 Å². The van der Waals surface area contributed by atoms with Crippen LogP contribution in [-0.2, 0) is 29.5 Å². The maximum absolute atomic E-state index is 11.9. The molecule has 1 heterocycles. The summed E-state index contributed by atoms with van der Waals surface area (Å²) in [5.74, 6) is 2.30. The van der Waals surface area contributed by atoms with Crippen LogP contribution in [0, 0.1) is 0 Å². The minimum atomic E-state index is -3.44. The molecule has 0 atom stereocenters. The molecule has 3 rings (SSSR count). The van der Waals surface area contributed by atoms with Gasteiger partial charge in [-0.25, -0.2) is 18.1 Å². The lowest BCUT2D eigenvalue weighted by atomic mass is 9.99. The summed E-state index contributed by atoms with van der Waals surface area (Å²) >= 11 is 0. The molecule has 2 aromatic carbocycles. The van der Waals surface area contributed by atoms with Crippen molar-refractivity contribution in [1.29, 1.82) is 0 Å². The number of nitrogens with one attached hydrogen (secondary N) is 2. The topological polar surface area (TPSA) is 92.3 Å². The molecule has 0 spiro atoms. The first kappa shape index (κ1) is 26.2. The van der Waals surface area contributed by atoms with Crippen molar-refractivity contribution in [3.8, 4) is 11.5 Å². The largest absolute Gasteiger partial charge is 0.493 e. The highest BCUT2D eigenvalue weighted by molar-refractivity contribution is 14.0. The van der Waals surface area contributed by atoms with E-state index in [-0.39, 0.29) is 28.9 Å². The summed E-state index contributed by atoms with van der Waals surface area (Å²) in [6.07, 6.45) is 0.886. The van der Waals surface area contributed by atoms with E-state index in [0.717, 1.165) is 49.1 Å². The number of ether oxygens (including phenoxy) is 2. The highest BCUT2D eigenvalue weighted by Gasteiger charge is 2.21. The molecule has 8 nitrogen and oxygen atoms in total. The van der Waals surface area contributed by atoms with Crippen molar-refractivity contribution in [3.63, 3.8) is 0 Å². The van der Waals surface area contributed by atoms with Crippen molar-refractivity contribution in [2.24, 2.45) is 4.99 Å². The summed E-state index contributed by atoms with van der Waals surface area (Å²) in [5.41, 5.74) is 3.39. The number of sulfonamides is 1. The third kappa shape index (κ3) is 6.04. The zero-order chi connectivity index (χ0) is 22.4. The molecule has 0 aliphatic carbocycles. The van der Waals surface area contributed by atoms with E-state index in [1.165, 1.54) is 18.2 Å². The van der Waals surface area contributed by atoms with Gasteiger partial charge in [-0.1, -0.05) is 12.1 Å². The average Bonchev–Trinajstić information content (AvgIpc) is 2.80. The molecule has 1 aliphatic rings. The fourth-order valence-corrected chi connectivity index (χ4v) is 4.28. The number of methoxy groups -OCH3 is 2. The fourth-order valence-electron chi connectivity index (χ4n) is 3.55. The Kier molecular flexibility index (Phi) is 9.59. The first-order chi connectivity index (χ1) is 14.9. The third-order valence-corrected chi connectivity index (χ3v) is 6.70. The van der Waals surface area contributed by atoms with Gasteiger partial charge in [-0.3, -0.25) is 0 Å². The van der Waals surface area contributed by atoms with Crippen LogP contribution in [0.5, 0.6) is 11.5 Å². The molecule has 1 aliphatic heterocycles. The highest BCUT2D eigenvalue weighted by Crippen LogP contribution is 2.33. The molecular weight excluding hydrogens is 543 g/mol. The van der Waals surface area contributed by atoms with Gasteiger partial charge in [-0.15, -0.1) is 24.0 Å². The zero-order valence-corrected chi connectivity index (χ0v) is 22.0. The van der Waals surface area contributed by atoms with Gasteiger partial charge < -0.3 is 19.7 Å². The van der Waals surface area contributed by atoms with Crippen molar-refractivity contribution in [3.05, 3.63) is 53.1 Å². The number of rotatable bonds is 7. The SMILES string of the molecule is CCNC(=NCc1ccc(S(=O)(=O)NC)cc1)N1CCc2cc(OC)c(OC)cc2C1.I. The molecule has 2 aromatic rings. The van der Waals surface area contributed by atoms with Gasteiger partial charge in [0.15, 0.2) is 17.5 Å². The van der Waals surface area contributed by atoms with Gasteiger partial charge in [-0.05, 0) is 61.3 Å². The molecule has 0 radical (unpaired) electrons. The molecule has 0 aromatic heterocycles. The standard InChI is InChI=1S/C22H30N4O4S.HI/c1-5-24-22(25-14-16-6-8-19(9-7-16)31(27,28)23-2)26-11-10-17-12-20(29-3)21(30-4)13-18(17)15-26;/h6-9,12-13,23H,5,10-11,14-15H2,1-4H3,(H,24,25);1H. The molecular formula is C22H31IN4O4S. The summed E-state index contributed by atoms with van der Waals surface area (Å²) in [5, 5.41) is 3.36. The van der Waals surface area contributed by atoms with Gasteiger partial charge >= 0.3 is 0 Å². The number of nitrogens with zero attached hydrogens (tertiary/aromatic N) is 2. The molecule has 10 heteroatoms. The molecule has 0 unspecified atom stereocenters. The number of hydrogen-bond donors (Lipinski definition) is 2. The van der Waals surface area contributed by atoms with E-state index in [4.69, 9.17) is 14.5 Å². The quantitative estimate of drug-likeness (QED) is 0.300. The Morgan fingerprint density at radius 1 is 1.09 bits per heavy atom. The van der Waals surface area contributed by atoms with Gasteiger partial charge in [0.05, 0.1) is 25.7 Å². The first-order valence-corrected chi connectivity index (χ1v) is 11.7. The van der Waals surface area contributed by atoms with Crippen LogP contribution in [0.25, 0.3) is 0 Å². The third-order valence-electron chi connectivity index (χ3n) is 5.27. The second kappa shape index (κ2) is 11.7. The van der Waals surface area contributed by atoms with Crippen molar-refractivity contribution in [2.45, 2.75) is 31.3 Å². The zero-order valence-electron chi connectivity index (χ0n) is 18.8. The molecule has 176 valence electrons. The predicted octanol–water partition coefficient (Wildman–Crippen LogP) is 2.75. The van der Waals surface area contributed by atoms with E-state index in [1.807, 2.05) is 13.0 Å². The van der Waals surface area contributed by atoms with E-state index in [9.17, 15) is 8.42 Å². The van der Waals surface area contributed by atoms with E-state index >= 15 is 0 Å². The lowest BCUT2D eigenvalue weighted by Crippen LogP contribution is -2.44. The Morgan fingerprint density at radius 3 is 2.28 bits per heavy atom. The van der Waals surface area contributed by atoms with Crippen LogP contribution < -0.4 is 19.5 Å². The minimum Gasteiger partial charge on any atom is -0.493 e. The summed E-state index contributed by atoms with van der Waals surface area (Å²) in [6.45, 7) is 4.82. The Labute approximate surface area is 207 Å². The Morgan fingerprint density at radius 2 is 1.72 bits per heavy atom. The van der Waals surface area contributed by atoms with E-state index in [2.05, 4.69) is 21.0 Å². The summed E-state index contributed by atoms with van der Waals surface area (Å²) in [7, 11) is 1.26. The summed E-state index contributed by atoms with van der Waals surface area (Å²) in [6, 6.07) is 10.9. The molecule has 0 saturated heterocycles. The monoisotopic (exact) mass is 574 g/mol. The molecule has 0 fully saturated rings. The van der Waals surface area contributed by atoms with Gasteiger partial charge in [0.25, 0.3) is 0 Å². The first-order valence-electron chi connectivity index (χ1n) is 10.2. The van der Waals surface area contributed by atoms with E-state index in [0.29, 0.717) is 6.54 Å². The molecule has 0 bridgehead atoms. The number of hydrogen-bond acceptors (Lipinski definition) is 5. The Balaban J connectivity index is 0.00000363. The number of guanidine groups is 1. The van der Waals surface area contributed by atoms with Crippen LogP contribution in [0.2, 0.25) is 0 Å².